The molecular weight excluding hydrogens is 430 g/mol. The number of benzene rings is 2. The van der Waals surface area contributed by atoms with Crippen LogP contribution in [0.1, 0.15) is 22.3 Å². The lowest BCUT2D eigenvalue weighted by Crippen LogP contribution is -2.37. The second-order valence-electron chi connectivity index (χ2n) is 8.38. The lowest BCUT2D eigenvalue weighted by molar-refractivity contribution is -0.114. The standard InChI is InChI=1S/C23H27N3O3S2/c1-14-8-9-18(10-17(14)4)26(23-24-19-12-31(28,29)13-20(19)30-23)11-21(27)25-22-15(2)6-5-7-16(22)3/h5-10,19-20H,11-13H2,1-4H3,(H,25,27)/t19-,20-/m0/s1. The number of rotatable bonds is 4. The van der Waals surface area contributed by atoms with E-state index >= 15 is 0 Å². The number of sulfone groups is 1. The molecule has 0 aliphatic carbocycles. The van der Waals surface area contributed by atoms with Crippen LogP contribution in [0.2, 0.25) is 0 Å². The third kappa shape index (κ3) is 4.65. The third-order valence-corrected chi connectivity index (χ3v) is 9.13. The molecule has 0 unspecified atom stereocenters. The Morgan fingerprint density at radius 2 is 1.77 bits per heavy atom. The summed E-state index contributed by atoms with van der Waals surface area (Å²) in [4.78, 5) is 19.7. The Hall–Kier alpha value is -2.32. The molecule has 0 aromatic heterocycles. The number of carbonyl (C=O) groups is 1. The maximum Gasteiger partial charge on any atom is 0.244 e. The highest BCUT2D eigenvalue weighted by atomic mass is 32.2. The van der Waals surface area contributed by atoms with Gasteiger partial charge in [0.25, 0.3) is 0 Å². The van der Waals surface area contributed by atoms with Crippen molar-refractivity contribution >= 4 is 44.0 Å². The Balaban J connectivity index is 1.62. The first-order chi connectivity index (χ1) is 14.6. The minimum absolute atomic E-state index is 0.0734. The van der Waals surface area contributed by atoms with E-state index in [9.17, 15) is 13.2 Å². The van der Waals surface area contributed by atoms with Crippen molar-refractivity contribution < 1.29 is 13.2 Å². The molecule has 2 aliphatic rings. The van der Waals surface area contributed by atoms with Crippen molar-refractivity contribution in [1.29, 1.82) is 0 Å². The van der Waals surface area contributed by atoms with E-state index in [0.29, 0.717) is 5.17 Å². The molecule has 0 radical (unpaired) electrons. The fourth-order valence-corrected chi connectivity index (χ4v) is 7.75. The molecule has 4 rings (SSSR count). The Morgan fingerprint density at radius 1 is 1.06 bits per heavy atom. The Labute approximate surface area is 188 Å². The van der Waals surface area contributed by atoms with Crippen molar-refractivity contribution in [1.82, 2.24) is 0 Å². The zero-order valence-corrected chi connectivity index (χ0v) is 19.8. The molecule has 164 valence electrons. The van der Waals surface area contributed by atoms with Gasteiger partial charge in [0, 0.05) is 16.6 Å². The van der Waals surface area contributed by atoms with Crippen molar-refractivity contribution in [2.75, 3.05) is 28.3 Å². The molecule has 8 heteroatoms. The molecule has 1 saturated heterocycles. The fraction of sp³-hybridized carbons (Fsp3) is 0.391. The van der Waals surface area contributed by atoms with E-state index in [1.54, 1.807) is 0 Å². The molecule has 6 nitrogen and oxygen atoms in total. The van der Waals surface area contributed by atoms with E-state index in [4.69, 9.17) is 4.99 Å². The van der Waals surface area contributed by atoms with Gasteiger partial charge < -0.3 is 10.2 Å². The number of hydrogen-bond acceptors (Lipinski definition) is 6. The summed E-state index contributed by atoms with van der Waals surface area (Å²) in [6.07, 6.45) is 0. The Kier molecular flexibility index (Phi) is 5.87. The maximum absolute atomic E-state index is 13.0. The number of amidine groups is 1. The van der Waals surface area contributed by atoms with Gasteiger partial charge >= 0.3 is 0 Å². The Morgan fingerprint density at radius 3 is 2.42 bits per heavy atom. The van der Waals surface area contributed by atoms with E-state index in [-0.39, 0.29) is 35.2 Å². The molecule has 2 aromatic carbocycles. The number of hydrogen-bond donors (Lipinski definition) is 1. The second kappa shape index (κ2) is 8.31. The second-order valence-corrected chi connectivity index (χ2v) is 11.7. The van der Waals surface area contributed by atoms with Crippen LogP contribution < -0.4 is 10.2 Å². The van der Waals surface area contributed by atoms with Crippen molar-refractivity contribution in [3.8, 4) is 0 Å². The largest absolute Gasteiger partial charge is 0.324 e. The minimum Gasteiger partial charge on any atom is -0.324 e. The van der Waals surface area contributed by atoms with Gasteiger partial charge in [-0.2, -0.15) is 0 Å². The molecule has 0 saturated carbocycles. The number of nitrogens with zero attached hydrogens (tertiary/aromatic N) is 2. The highest BCUT2D eigenvalue weighted by Gasteiger charge is 2.44. The summed E-state index contributed by atoms with van der Waals surface area (Å²) in [7, 11) is -3.03. The quantitative estimate of drug-likeness (QED) is 0.758. The zero-order chi connectivity index (χ0) is 22.3. The van der Waals surface area contributed by atoms with Crippen molar-refractivity contribution in [2.24, 2.45) is 4.99 Å². The highest BCUT2D eigenvalue weighted by Crippen LogP contribution is 2.37. The molecule has 0 bridgehead atoms. The first-order valence-corrected chi connectivity index (χ1v) is 13.0. The average molecular weight is 458 g/mol. The molecule has 2 aliphatic heterocycles. The first-order valence-electron chi connectivity index (χ1n) is 10.3. The number of anilines is 2. The zero-order valence-electron chi connectivity index (χ0n) is 18.2. The number of aliphatic imine (C=N–C) groups is 1. The molecule has 2 heterocycles. The van der Waals surface area contributed by atoms with Crippen molar-refractivity contribution in [3.05, 3.63) is 58.7 Å². The van der Waals surface area contributed by atoms with Gasteiger partial charge in [-0.15, -0.1) is 0 Å². The normalized spacial score (nSPS) is 21.5. The number of amides is 1. The number of aryl methyl sites for hydroxylation is 4. The topological polar surface area (TPSA) is 78.8 Å². The smallest absolute Gasteiger partial charge is 0.244 e. The van der Waals surface area contributed by atoms with E-state index in [1.165, 1.54) is 17.3 Å². The Bertz CT molecular complexity index is 1150. The molecule has 1 fully saturated rings. The summed E-state index contributed by atoms with van der Waals surface area (Å²) in [5, 5.41) is 3.69. The van der Waals surface area contributed by atoms with Crippen LogP contribution in [-0.4, -0.2) is 48.8 Å². The number of fused-ring (bicyclic) bond motifs is 1. The number of thioether (sulfide) groups is 1. The van der Waals surface area contributed by atoms with Crippen LogP contribution in [0.15, 0.2) is 41.4 Å². The summed E-state index contributed by atoms with van der Waals surface area (Å²) in [6, 6.07) is 11.8. The predicted molar refractivity (Wildman–Crippen MR) is 129 cm³/mol. The summed E-state index contributed by atoms with van der Waals surface area (Å²) in [5.74, 6) is 0.0948. The number of carbonyl (C=O) groups excluding carboxylic acids is 1. The van der Waals surface area contributed by atoms with E-state index < -0.39 is 9.84 Å². The van der Waals surface area contributed by atoms with Gasteiger partial charge in [-0.05, 0) is 62.1 Å². The fourth-order valence-electron chi connectivity index (χ4n) is 3.97. The van der Waals surface area contributed by atoms with Gasteiger partial charge in [-0.3, -0.25) is 9.79 Å². The van der Waals surface area contributed by atoms with Crippen LogP contribution in [0.25, 0.3) is 0 Å². The lowest BCUT2D eigenvalue weighted by atomic mass is 10.1. The third-order valence-electron chi connectivity index (χ3n) is 5.89. The lowest BCUT2D eigenvalue weighted by Gasteiger charge is -2.25. The molecule has 2 atom stereocenters. The summed E-state index contributed by atoms with van der Waals surface area (Å²) >= 11 is 1.47. The van der Waals surface area contributed by atoms with Crippen LogP contribution in [-0.2, 0) is 14.6 Å². The van der Waals surface area contributed by atoms with Gasteiger partial charge in [0.15, 0.2) is 15.0 Å². The highest BCUT2D eigenvalue weighted by molar-refractivity contribution is 8.15. The summed E-state index contributed by atoms with van der Waals surface area (Å²) in [5.41, 5.74) is 6.04. The number of nitrogens with one attached hydrogen (secondary N) is 1. The average Bonchev–Trinajstić information content (AvgIpc) is 3.18. The molecule has 2 aromatic rings. The van der Waals surface area contributed by atoms with Crippen LogP contribution in [0.5, 0.6) is 0 Å². The van der Waals surface area contributed by atoms with Gasteiger partial charge in [0.2, 0.25) is 5.91 Å². The first kappa shape index (κ1) is 21.9. The number of para-hydroxylation sites is 1. The van der Waals surface area contributed by atoms with Gasteiger partial charge in [-0.25, -0.2) is 8.42 Å². The summed E-state index contributed by atoms with van der Waals surface area (Å²) < 4.78 is 23.9. The van der Waals surface area contributed by atoms with Gasteiger partial charge in [-0.1, -0.05) is 36.0 Å². The SMILES string of the molecule is Cc1ccc(N(CC(=O)Nc2c(C)cccc2C)C2=N[C@H]3CS(=O)(=O)C[C@@H]3S2)cc1C. The predicted octanol–water partition coefficient (Wildman–Crippen LogP) is 3.63. The van der Waals surface area contributed by atoms with Crippen LogP contribution >= 0.6 is 11.8 Å². The van der Waals surface area contributed by atoms with E-state index in [0.717, 1.165) is 28.1 Å². The van der Waals surface area contributed by atoms with Crippen LogP contribution in [0.4, 0.5) is 11.4 Å². The molecule has 0 spiro atoms. The van der Waals surface area contributed by atoms with Crippen molar-refractivity contribution in [2.45, 2.75) is 39.0 Å². The van der Waals surface area contributed by atoms with Crippen molar-refractivity contribution in [3.63, 3.8) is 0 Å². The van der Waals surface area contributed by atoms with Gasteiger partial charge in [0.05, 0.1) is 17.5 Å². The maximum atomic E-state index is 13.0. The minimum atomic E-state index is -3.03. The molecule has 1 N–H and O–H groups in total. The van der Waals surface area contributed by atoms with Gasteiger partial charge in [0.1, 0.15) is 6.54 Å². The molecular formula is C23H27N3O3S2. The van der Waals surface area contributed by atoms with Crippen LogP contribution in [0, 0.1) is 27.7 Å². The molecule has 31 heavy (non-hydrogen) atoms. The molecule has 1 amide bonds. The van der Waals surface area contributed by atoms with Crippen LogP contribution in [0.3, 0.4) is 0 Å². The van der Waals surface area contributed by atoms with E-state index in [1.807, 2.05) is 62.9 Å². The monoisotopic (exact) mass is 457 g/mol. The van der Waals surface area contributed by atoms with E-state index in [2.05, 4.69) is 11.4 Å². The summed E-state index contributed by atoms with van der Waals surface area (Å²) in [6.45, 7) is 8.14.